The van der Waals surface area contributed by atoms with Gasteiger partial charge in [-0.2, -0.15) is 0 Å². The van der Waals surface area contributed by atoms with Crippen LogP contribution in [0, 0.1) is 0 Å². The highest BCUT2D eigenvalue weighted by Crippen LogP contribution is 2.39. The van der Waals surface area contributed by atoms with Gasteiger partial charge in [0.25, 0.3) is 0 Å². The van der Waals surface area contributed by atoms with Gasteiger partial charge in [-0.05, 0) is 67.3 Å². The largest absolute Gasteiger partial charge is 0.493 e. The van der Waals surface area contributed by atoms with E-state index in [4.69, 9.17) is 21.1 Å². The van der Waals surface area contributed by atoms with Crippen molar-refractivity contribution in [1.29, 1.82) is 0 Å². The van der Waals surface area contributed by atoms with Gasteiger partial charge in [0.1, 0.15) is 0 Å². The van der Waals surface area contributed by atoms with Crippen LogP contribution in [0.2, 0.25) is 5.02 Å². The minimum Gasteiger partial charge on any atom is -0.493 e. The van der Waals surface area contributed by atoms with E-state index in [0.717, 1.165) is 42.3 Å². The smallest absolute Gasteiger partial charge is 0.161 e. The zero-order valence-electron chi connectivity index (χ0n) is 14.9. The number of rotatable bonds is 5. The number of nitrogens with zero attached hydrogens (tertiary/aromatic N) is 1. The SMILES string of the molecule is COc1cc2c(cc1OC)[C@H](CCc1ccc(Cl)cc1)N(C)CC2.Cl. The molecule has 0 aromatic heterocycles. The zero-order valence-corrected chi connectivity index (χ0v) is 16.5. The van der Waals surface area contributed by atoms with Crippen LogP contribution in [0.5, 0.6) is 11.5 Å². The molecule has 25 heavy (non-hydrogen) atoms. The first-order valence-electron chi connectivity index (χ1n) is 8.32. The molecule has 0 bridgehead atoms. The fourth-order valence-corrected chi connectivity index (χ4v) is 3.61. The lowest BCUT2D eigenvalue weighted by Crippen LogP contribution is -2.32. The molecule has 3 nitrogen and oxygen atoms in total. The molecule has 0 aliphatic carbocycles. The molecule has 3 rings (SSSR count). The molecule has 0 saturated heterocycles. The summed E-state index contributed by atoms with van der Waals surface area (Å²) in [7, 11) is 5.59. The lowest BCUT2D eigenvalue weighted by atomic mass is 9.89. The van der Waals surface area contributed by atoms with Gasteiger partial charge in [-0.1, -0.05) is 23.7 Å². The third kappa shape index (κ3) is 4.41. The standard InChI is InChI=1S/C20H24ClNO2.ClH/c1-22-11-10-15-12-19(23-2)20(24-3)13-17(15)18(22)9-6-14-4-7-16(21)8-5-14;/h4-5,7-8,12-13,18H,6,9-11H2,1-3H3;1H/t18-;/m0./s1. The highest BCUT2D eigenvalue weighted by Gasteiger charge is 2.26. The van der Waals surface area contributed by atoms with Crippen LogP contribution in [0.25, 0.3) is 0 Å². The average molecular weight is 382 g/mol. The molecule has 5 heteroatoms. The molecule has 0 spiro atoms. The summed E-state index contributed by atoms with van der Waals surface area (Å²) in [6.45, 7) is 1.06. The number of aryl methyl sites for hydroxylation is 1. The Hall–Kier alpha value is -1.42. The summed E-state index contributed by atoms with van der Waals surface area (Å²) in [5.74, 6) is 1.63. The summed E-state index contributed by atoms with van der Waals surface area (Å²) in [4.78, 5) is 2.43. The third-order valence-corrected chi connectivity index (χ3v) is 5.14. The first kappa shape index (κ1) is 19.9. The first-order chi connectivity index (χ1) is 11.6. The van der Waals surface area contributed by atoms with Gasteiger partial charge in [0, 0.05) is 17.6 Å². The molecule has 1 aliphatic heterocycles. The van der Waals surface area contributed by atoms with Crippen molar-refractivity contribution in [2.45, 2.75) is 25.3 Å². The van der Waals surface area contributed by atoms with Crippen molar-refractivity contribution in [2.24, 2.45) is 0 Å². The quantitative estimate of drug-likeness (QED) is 0.731. The molecule has 0 radical (unpaired) electrons. The third-order valence-electron chi connectivity index (χ3n) is 4.89. The number of halogens is 2. The Morgan fingerprint density at radius 1 is 1.08 bits per heavy atom. The molecule has 0 amide bonds. The Morgan fingerprint density at radius 2 is 1.72 bits per heavy atom. The molecule has 1 aliphatic rings. The van der Waals surface area contributed by atoms with Crippen molar-refractivity contribution in [1.82, 2.24) is 4.90 Å². The summed E-state index contributed by atoms with van der Waals surface area (Å²) >= 11 is 5.98. The van der Waals surface area contributed by atoms with Gasteiger partial charge in [-0.25, -0.2) is 0 Å². The first-order valence-corrected chi connectivity index (χ1v) is 8.69. The molecular formula is C20H25Cl2NO2. The summed E-state index contributed by atoms with van der Waals surface area (Å²) in [5.41, 5.74) is 4.04. The van der Waals surface area contributed by atoms with E-state index in [9.17, 15) is 0 Å². The van der Waals surface area contributed by atoms with Gasteiger partial charge in [-0.3, -0.25) is 4.90 Å². The van der Waals surface area contributed by atoms with Crippen LogP contribution in [0.4, 0.5) is 0 Å². The summed E-state index contributed by atoms with van der Waals surface area (Å²) in [6, 6.07) is 12.8. The topological polar surface area (TPSA) is 21.7 Å². The minimum absolute atomic E-state index is 0. The molecule has 2 aromatic carbocycles. The van der Waals surface area contributed by atoms with Crippen LogP contribution in [0.1, 0.15) is 29.2 Å². The maximum atomic E-state index is 5.98. The zero-order chi connectivity index (χ0) is 17.1. The van der Waals surface area contributed by atoms with E-state index < -0.39 is 0 Å². The normalized spacial score (nSPS) is 16.7. The van der Waals surface area contributed by atoms with Gasteiger partial charge in [0.05, 0.1) is 14.2 Å². The van der Waals surface area contributed by atoms with Crippen molar-refractivity contribution >= 4 is 24.0 Å². The van der Waals surface area contributed by atoms with Crippen LogP contribution in [0.15, 0.2) is 36.4 Å². The van der Waals surface area contributed by atoms with Crippen LogP contribution in [0.3, 0.4) is 0 Å². The second-order valence-electron chi connectivity index (χ2n) is 6.32. The maximum absolute atomic E-state index is 5.98. The minimum atomic E-state index is 0. The molecule has 1 atom stereocenters. The van der Waals surface area contributed by atoms with Gasteiger partial charge < -0.3 is 9.47 Å². The van der Waals surface area contributed by atoms with Crippen molar-refractivity contribution in [3.8, 4) is 11.5 Å². The Morgan fingerprint density at radius 3 is 2.36 bits per heavy atom. The molecule has 136 valence electrons. The van der Waals surface area contributed by atoms with E-state index in [1.54, 1.807) is 14.2 Å². The predicted octanol–water partition coefficient (Wildman–Crippen LogP) is 4.94. The highest BCUT2D eigenvalue weighted by atomic mass is 35.5. The van der Waals surface area contributed by atoms with Crippen LogP contribution in [-0.4, -0.2) is 32.7 Å². The van der Waals surface area contributed by atoms with Gasteiger partial charge in [0.2, 0.25) is 0 Å². The second-order valence-corrected chi connectivity index (χ2v) is 6.75. The van der Waals surface area contributed by atoms with E-state index in [2.05, 4.69) is 36.2 Å². The van der Waals surface area contributed by atoms with Crippen molar-refractivity contribution in [2.75, 3.05) is 27.8 Å². The number of likely N-dealkylation sites (N-methyl/N-ethyl adjacent to an activating group) is 1. The lowest BCUT2D eigenvalue weighted by molar-refractivity contribution is 0.218. The fourth-order valence-electron chi connectivity index (χ4n) is 3.48. The van der Waals surface area contributed by atoms with Gasteiger partial charge in [-0.15, -0.1) is 12.4 Å². The van der Waals surface area contributed by atoms with Crippen LogP contribution >= 0.6 is 24.0 Å². The Balaban J connectivity index is 0.00000225. The van der Waals surface area contributed by atoms with Gasteiger partial charge >= 0.3 is 0 Å². The molecule has 0 saturated carbocycles. The van der Waals surface area contributed by atoms with E-state index in [0.29, 0.717) is 6.04 Å². The second kappa shape index (κ2) is 8.79. The van der Waals surface area contributed by atoms with E-state index in [-0.39, 0.29) is 12.4 Å². The summed E-state index contributed by atoms with van der Waals surface area (Å²) in [6.07, 6.45) is 3.14. The van der Waals surface area contributed by atoms with E-state index >= 15 is 0 Å². The molecule has 0 unspecified atom stereocenters. The summed E-state index contributed by atoms with van der Waals surface area (Å²) < 4.78 is 11.0. The molecule has 0 N–H and O–H groups in total. The van der Waals surface area contributed by atoms with Crippen LogP contribution in [-0.2, 0) is 12.8 Å². The monoisotopic (exact) mass is 381 g/mol. The van der Waals surface area contributed by atoms with Crippen molar-refractivity contribution in [3.63, 3.8) is 0 Å². The fraction of sp³-hybridized carbons (Fsp3) is 0.400. The molecule has 0 fully saturated rings. The van der Waals surface area contributed by atoms with Gasteiger partial charge in [0.15, 0.2) is 11.5 Å². The van der Waals surface area contributed by atoms with Crippen LogP contribution < -0.4 is 9.47 Å². The number of methoxy groups -OCH3 is 2. The molecule has 1 heterocycles. The molecule has 2 aromatic rings. The van der Waals surface area contributed by atoms with Crippen molar-refractivity contribution in [3.05, 3.63) is 58.1 Å². The Kier molecular flexibility index (Phi) is 7.00. The highest BCUT2D eigenvalue weighted by molar-refractivity contribution is 6.30. The predicted molar refractivity (Wildman–Crippen MR) is 106 cm³/mol. The summed E-state index contributed by atoms with van der Waals surface area (Å²) in [5, 5.41) is 0.788. The number of fused-ring (bicyclic) bond motifs is 1. The van der Waals surface area contributed by atoms with Crippen molar-refractivity contribution < 1.29 is 9.47 Å². The van der Waals surface area contributed by atoms with E-state index in [1.165, 1.54) is 16.7 Å². The van der Waals surface area contributed by atoms with E-state index in [1.807, 2.05) is 12.1 Å². The Bertz CT molecular complexity index is 704. The lowest BCUT2D eigenvalue weighted by Gasteiger charge is -2.35. The number of hydrogen-bond acceptors (Lipinski definition) is 3. The average Bonchev–Trinajstić information content (AvgIpc) is 2.61. The maximum Gasteiger partial charge on any atom is 0.161 e. The Labute approximate surface area is 161 Å². The number of benzene rings is 2. The molecular weight excluding hydrogens is 357 g/mol. The number of ether oxygens (including phenoxy) is 2. The number of hydrogen-bond donors (Lipinski definition) is 0.